The third-order valence-electron chi connectivity index (χ3n) is 3.16. The molecule has 1 rings (SSSR count). The molecule has 0 fully saturated rings. The van der Waals surface area contributed by atoms with Crippen molar-refractivity contribution in [2.75, 3.05) is 0 Å². The molecular formula is C14H21LiOP. The molecule has 0 bridgehead atoms. The van der Waals surface area contributed by atoms with Gasteiger partial charge in [-0.25, -0.2) is 0 Å². The number of benzene rings is 1. The SMILES string of the molecule is CCC(C)PC(=O)c1c(C)ccc(C)c1C.[Li]. The molecule has 0 saturated heterocycles. The van der Waals surface area contributed by atoms with Crippen LogP contribution < -0.4 is 0 Å². The van der Waals surface area contributed by atoms with E-state index in [1.54, 1.807) is 0 Å². The minimum absolute atomic E-state index is 0. The number of rotatable bonds is 4. The number of hydrogen-bond donors (Lipinski definition) is 0. The molecular weight excluding hydrogens is 222 g/mol. The molecule has 1 radical (unpaired) electrons. The molecule has 0 aromatic heterocycles. The van der Waals surface area contributed by atoms with Crippen molar-refractivity contribution in [1.82, 2.24) is 0 Å². The zero-order valence-corrected chi connectivity index (χ0v) is 12.8. The molecule has 0 heterocycles. The number of carbonyl (C=O) groups excluding carboxylic acids is 1. The quantitative estimate of drug-likeness (QED) is 0.580. The van der Waals surface area contributed by atoms with Gasteiger partial charge in [0, 0.05) is 24.4 Å². The van der Waals surface area contributed by atoms with Crippen LogP contribution in [0.5, 0.6) is 0 Å². The van der Waals surface area contributed by atoms with Crippen LogP contribution >= 0.6 is 8.58 Å². The van der Waals surface area contributed by atoms with E-state index in [0.717, 1.165) is 23.1 Å². The predicted octanol–water partition coefficient (Wildman–Crippen LogP) is 3.85. The fraction of sp³-hybridized carbons (Fsp3) is 0.500. The average Bonchev–Trinajstić information content (AvgIpc) is 2.24. The maximum atomic E-state index is 12.2. The zero-order chi connectivity index (χ0) is 12.3. The summed E-state index contributed by atoms with van der Waals surface area (Å²) in [6.45, 7) is 10.4. The average molecular weight is 243 g/mol. The smallest absolute Gasteiger partial charge is 0.181 e. The van der Waals surface area contributed by atoms with Crippen LogP contribution in [-0.2, 0) is 0 Å². The van der Waals surface area contributed by atoms with Crippen LogP contribution in [0.4, 0.5) is 0 Å². The minimum atomic E-state index is 0. The van der Waals surface area contributed by atoms with E-state index in [1.165, 1.54) is 5.56 Å². The maximum Gasteiger partial charge on any atom is 0.181 e. The van der Waals surface area contributed by atoms with Gasteiger partial charge in [-0.15, -0.1) is 0 Å². The van der Waals surface area contributed by atoms with Crippen LogP contribution in [0.1, 0.15) is 47.3 Å². The van der Waals surface area contributed by atoms with Gasteiger partial charge in [-0.2, -0.15) is 0 Å². The van der Waals surface area contributed by atoms with Crippen LogP contribution in [0, 0.1) is 20.8 Å². The Kier molecular flexibility index (Phi) is 7.34. The van der Waals surface area contributed by atoms with Crippen molar-refractivity contribution >= 4 is 33.0 Å². The van der Waals surface area contributed by atoms with E-state index in [4.69, 9.17) is 0 Å². The molecule has 1 nitrogen and oxygen atoms in total. The summed E-state index contributed by atoms with van der Waals surface area (Å²) in [6, 6.07) is 4.14. The van der Waals surface area contributed by atoms with Crippen LogP contribution in [0.15, 0.2) is 12.1 Å². The van der Waals surface area contributed by atoms with Crippen LogP contribution in [0.25, 0.3) is 0 Å². The first kappa shape index (κ1) is 16.9. The molecule has 0 aliphatic rings. The zero-order valence-electron chi connectivity index (χ0n) is 11.8. The first-order valence-corrected chi connectivity index (χ1v) is 6.92. The van der Waals surface area contributed by atoms with Crippen molar-refractivity contribution in [1.29, 1.82) is 0 Å². The van der Waals surface area contributed by atoms with Gasteiger partial charge in [0.25, 0.3) is 0 Å². The van der Waals surface area contributed by atoms with E-state index in [0.29, 0.717) is 19.8 Å². The van der Waals surface area contributed by atoms with Crippen molar-refractivity contribution < 1.29 is 4.79 Å². The third kappa shape index (κ3) is 4.26. The monoisotopic (exact) mass is 243 g/mol. The molecule has 1 aromatic carbocycles. The van der Waals surface area contributed by atoms with E-state index in [9.17, 15) is 4.79 Å². The van der Waals surface area contributed by atoms with Crippen molar-refractivity contribution in [2.24, 2.45) is 0 Å². The van der Waals surface area contributed by atoms with Crippen LogP contribution in [0.3, 0.4) is 0 Å². The summed E-state index contributed by atoms with van der Waals surface area (Å²) in [5.41, 5.74) is 5.27. The first-order chi connectivity index (χ1) is 7.47. The Labute approximate surface area is 119 Å². The van der Waals surface area contributed by atoms with Crippen molar-refractivity contribution in [3.63, 3.8) is 0 Å². The molecule has 3 heteroatoms. The minimum Gasteiger partial charge on any atom is -0.289 e. The molecule has 0 amide bonds. The van der Waals surface area contributed by atoms with Gasteiger partial charge in [-0.3, -0.25) is 4.79 Å². The number of aryl methyl sites for hydroxylation is 2. The van der Waals surface area contributed by atoms with Gasteiger partial charge in [0.1, 0.15) is 0 Å². The summed E-state index contributed by atoms with van der Waals surface area (Å²) in [4.78, 5) is 12.2. The van der Waals surface area contributed by atoms with Gasteiger partial charge in [0.15, 0.2) is 5.52 Å². The Hall–Kier alpha value is -0.0826. The molecule has 17 heavy (non-hydrogen) atoms. The molecule has 0 spiro atoms. The van der Waals surface area contributed by atoms with Crippen molar-refractivity contribution in [3.05, 3.63) is 34.4 Å². The Bertz CT molecular complexity index is 401. The van der Waals surface area contributed by atoms with E-state index >= 15 is 0 Å². The van der Waals surface area contributed by atoms with Gasteiger partial charge in [-0.1, -0.05) is 26.0 Å². The van der Waals surface area contributed by atoms with Crippen LogP contribution in [-0.4, -0.2) is 30.0 Å². The summed E-state index contributed by atoms with van der Waals surface area (Å²) in [5.74, 6) is 0. The molecule has 2 atom stereocenters. The van der Waals surface area contributed by atoms with Gasteiger partial charge < -0.3 is 0 Å². The van der Waals surface area contributed by atoms with Gasteiger partial charge >= 0.3 is 0 Å². The van der Waals surface area contributed by atoms with Crippen molar-refractivity contribution in [3.8, 4) is 0 Å². The standard InChI is InChI=1S/C14H21OP.Li/c1-6-11(4)16-14(15)13-10(3)8-7-9(2)12(13)5;/h7-8,11,16H,6H2,1-5H3;. The molecule has 1 aromatic rings. The molecule has 0 aliphatic carbocycles. The summed E-state index contributed by atoms with van der Waals surface area (Å²) < 4.78 is 0. The normalized spacial score (nSPS) is 12.5. The Balaban J connectivity index is 0.00000256. The van der Waals surface area contributed by atoms with E-state index in [2.05, 4.69) is 39.8 Å². The maximum absolute atomic E-state index is 12.2. The summed E-state index contributed by atoms with van der Waals surface area (Å²) in [7, 11) is 0.407. The number of carbonyl (C=O) groups is 1. The summed E-state index contributed by atoms with van der Waals surface area (Å²) >= 11 is 0. The van der Waals surface area contributed by atoms with E-state index in [1.807, 2.05) is 6.92 Å². The van der Waals surface area contributed by atoms with Crippen molar-refractivity contribution in [2.45, 2.75) is 46.7 Å². The Morgan fingerprint density at radius 3 is 2.29 bits per heavy atom. The largest absolute Gasteiger partial charge is 0.289 e. The molecule has 0 N–H and O–H groups in total. The van der Waals surface area contributed by atoms with E-state index < -0.39 is 0 Å². The van der Waals surface area contributed by atoms with Gasteiger partial charge in [0.2, 0.25) is 0 Å². The molecule has 0 saturated carbocycles. The Morgan fingerprint density at radius 2 is 1.76 bits per heavy atom. The topological polar surface area (TPSA) is 17.1 Å². The van der Waals surface area contributed by atoms with Gasteiger partial charge in [-0.05, 0) is 58.1 Å². The summed E-state index contributed by atoms with van der Waals surface area (Å²) in [5, 5.41) is 0. The molecule has 89 valence electrons. The fourth-order valence-electron chi connectivity index (χ4n) is 1.70. The number of hydrogen-bond acceptors (Lipinski definition) is 1. The van der Waals surface area contributed by atoms with E-state index in [-0.39, 0.29) is 18.9 Å². The fourth-order valence-corrected chi connectivity index (χ4v) is 2.88. The summed E-state index contributed by atoms with van der Waals surface area (Å²) in [6.07, 6.45) is 1.08. The Morgan fingerprint density at radius 1 is 1.24 bits per heavy atom. The molecule has 0 aliphatic heterocycles. The predicted molar refractivity (Wildman–Crippen MR) is 78.8 cm³/mol. The van der Waals surface area contributed by atoms with Gasteiger partial charge in [0.05, 0.1) is 0 Å². The second-order valence-corrected chi connectivity index (χ2v) is 6.21. The third-order valence-corrected chi connectivity index (χ3v) is 4.57. The second-order valence-electron chi connectivity index (χ2n) is 4.48. The van der Waals surface area contributed by atoms with Crippen LogP contribution in [0.2, 0.25) is 0 Å². The molecule has 2 unspecified atom stereocenters. The first-order valence-electron chi connectivity index (χ1n) is 5.85. The second kappa shape index (κ2) is 7.37.